The van der Waals surface area contributed by atoms with Crippen LogP contribution in [0.4, 0.5) is 32.2 Å². The Kier molecular flexibility index (Phi) is 6.06. The number of ether oxygens (including phenoxy) is 1. The van der Waals surface area contributed by atoms with Crippen LogP contribution in [0.3, 0.4) is 0 Å². The summed E-state index contributed by atoms with van der Waals surface area (Å²) in [6, 6.07) is 0.768. The fraction of sp³-hybridized carbons (Fsp3) is 0.450. The Morgan fingerprint density at radius 1 is 1.24 bits per heavy atom. The van der Waals surface area contributed by atoms with Gasteiger partial charge < -0.3 is 20.5 Å². The molecule has 0 saturated carbocycles. The van der Waals surface area contributed by atoms with E-state index >= 15 is 0 Å². The second-order valence-corrected chi connectivity index (χ2v) is 7.95. The highest BCUT2D eigenvalue weighted by molar-refractivity contribution is 5.63. The van der Waals surface area contributed by atoms with E-state index in [9.17, 15) is 31.4 Å². The van der Waals surface area contributed by atoms with E-state index in [-0.39, 0.29) is 24.3 Å². The second kappa shape index (κ2) is 8.58. The molecule has 34 heavy (non-hydrogen) atoms. The molecule has 14 heteroatoms. The molecule has 4 heterocycles. The van der Waals surface area contributed by atoms with Gasteiger partial charge in [0, 0.05) is 18.7 Å². The van der Waals surface area contributed by atoms with E-state index in [0.717, 1.165) is 23.9 Å². The van der Waals surface area contributed by atoms with Gasteiger partial charge in [0.05, 0.1) is 19.3 Å². The number of methoxy groups -OCH3 is 1. The molecule has 1 aliphatic heterocycles. The molecular weight excluding hydrogens is 470 g/mol. The Balaban J connectivity index is 1.83. The van der Waals surface area contributed by atoms with Crippen molar-refractivity contribution < 1.29 is 36.2 Å². The molecule has 3 N–H and O–H groups in total. The molecule has 0 amide bonds. The third-order valence-corrected chi connectivity index (χ3v) is 5.58. The lowest BCUT2D eigenvalue weighted by atomic mass is 10.0. The number of nitrogens with zero attached hydrogens (tertiary/aromatic N) is 4. The zero-order valence-corrected chi connectivity index (χ0v) is 17.9. The fourth-order valence-electron chi connectivity index (χ4n) is 3.58. The van der Waals surface area contributed by atoms with E-state index < -0.39 is 58.6 Å². The van der Waals surface area contributed by atoms with Gasteiger partial charge in [0.2, 0.25) is 5.60 Å². The maximum atomic E-state index is 14.7. The summed E-state index contributed by atoms with van der Waals surface area (Å²) in [4.78, 5) is 7.88. The van der Waals surface area contributed by atoms with Crippen LogP contribution in [0, 0.1) is 11.6 Å². The molecule has 0 spiro atoms. The molecule has 1 fully saturated rings. The van der Waals surface area contributed by atoms with Crippen LogP contribution < -0.4 is 15.4 Å². The third kappa shape index (κ3) is 4.11. The summed E-state index contributed by atoms with van der Waals surface area (Å²) in [5, 5.41) is 19.5. The SMILES string of the molecule is COc1cc2ncc(-c3nc(N[C@H]4CNCC[C@@H]4F)c(F)cc3F)n2nc1[C@@](C)(O)C(F)(F)F. The van der Waals surface area contributed by atoms with Crippen molar-refractivity contribution in [3.8, 4) is 17.1 Å². The van der Waals surface area contributed by atoms with Crippen LogP contribution in [0.2, 0.25) is 0 Å². The first-order chi connectivity index (χ1) is 15.9. The maximum absolute atomic E-state index is 14.7. The zero-order valence-electron chi connectivity index (χ0n) is 17.9. The Morgan fingerprint density at radius 2 is 1.97 bits per heavy atom. The second-order valence-electron chi connectivity index (χ2n) is 7.95. The number of rotatable bonds is 5. The quantitative estimate of drug-likeness (QED) is 0.474. The van der Waals surface area contributed by atoms with Gasteiger partial charge in [-0.1, -0.05) is 0 Å². The maximum Gasteiger partial charge on any atom is 0.422 e. The van der Waals surface area contributed by atoms with Crippen molar-refractivity contribution in [2.45, 2.75) is 37.3 Å². The number of anilines is 1. The molecule has 0 aromatic carbocycles. The lowest BCUT2D eigenvalue weighted by Crippen LogP contribution is -2.46. The normalized spacial score (nSPS) is 20.9. The van der Waals surface area contributed by atoms with Crippen molar-refractivity contribution in [2.24, 2.45) is 0 Å². The monoisotopic (exact) mass is 490 g/mol. The van der Waals surface area contributed by atoms with Gasteiger partial charge in [0.25, 0.3) is 0 Å². The number of hydrogen-bond donors (Lipinski definition) is 3. The van der Waals surface area contributed by atoms with Crippen LogP contribution in [0.25, 0.3) is 17.0 Å². The first-order valence-corrected chi connectivity index (χ1v) is 10.1. The molecule has 3 aromatic heterocycles. The number of halogens is 6. The molecule has 0 radical (unpaired) electrons. The first kappa shape index (κ1) is 24.0. The molecule has 1 aliphatic rings. The summed E-state index contributed by atoms with van der Waals surface area (Å²) in [5.41, 5.74) is -5.08. The van der Waals surface area contributed by atoms with Gasteiger partial charge in [0.1, 0.15) is 29.0 Å². The van der Waals surface area contributed by atoms with Crippen molar-refractivity contribution in [1.29, 1.82) is 0 Å². The summed E-state index contributed by atoms with van der Waals surface area (Å²) in [5.74, 6) is -3.08. The van der Waals surface area contributed by atoms with Crippen LogP contribution in [0.1, 0.15) is 19.0 Å². The molecule has 8 nitrogen and oxygen atoms in total. The summed E-state index contributed by atoms with van der Waals surface area (Å²) >= 11 is 0. The van der Waals surface area contributed by atoms with Gasteiger partial charge in [-0.2, -0.15) is 18.3 Å². The van der Waals surface area contributed by atoms with Crippen molar-refractivity contribution >= 4 is 11.5 Å². The molecule has 184 valence electrons. The van der Waals surface area contributed by atoms with E-state index in [1.54, 1.807) is 0 Å². The average molecular weight is 490 g/mol. The number of aliphatic hydroxyl groups is 1. The standard InChI is InChI=1S/C20H20F6N6O2/c1-19(33,20(24,25)26)17-14(34-2)6-15-28-8-13(32(15)31-17)16-10(22)5-11(23)18(30-16)29-12-7-27-4-3-9(12)21/h5-6,8-9,12,27,33H,3-4,7H2,1-2H3,(H,29,30)/t9-,12-,19+/m0/s1. The first-order valence-electron chi connectivity index (χ1n) is 10.1. The highest BCUT2D eigenvalue weighted by Gasteiger charge is 2.54. The van der Waals surface area contributed by atoms with Crippen molar-refractivity contribution in [1.82, 2.24) is 24.9 Å². The van der Waals surface area contributed by atoms with Crippen LogP contribution in [0.5, 0.6) is 5.75 Å². The number of nitrogens with one attached hydrogen (secondary N) is 2. The van der Waals surface area contributed by atoms with E-state index in [1.807, 2.05) is 0 Å². The summed E-state index contributed by atoms with van der Waals surface area (Å²) in [6.45, 7) is 1.12. The minimum atomic E-state index is -5.12. The summed E-state index contributed by atoms with van der Waals surface area (Å²) in [7, 11) is 1.09. The van der Waals surface area contributed by atoms with Gasteiger partial charge in [-0.3, -0.25) is 0 Å². The van der Waals surface area contributed by atoms with Gasteiger partial charge >= 0.3 is 6.18 Å². The van der Waals surface area contributed by atoms with Gasteiger partial charge in [0.15, 0.2) is 23.1 Å². The van der Waals surface area contributed by atoms with Gasteiger partial charge in [-0.25, -0.2) is 27.7 Å². The molecule has 1 saturated heterocycles. The number of fused-ring (bicyclic) bond motifs is 1. The molecule has 3 aromatic rings. The van der Waals surface area contributed by atoms with Crippen LogP contribution >= 0.6 is 0 Å². The predicted molar refractivity (Wildman–Crippen MR) is 108 cm³/mol. The molecule has 3 atom stereocenters. The van der Waals surface area contributed by atoms with Crippen molar-refractivity contribution in [3.63, 3.8) is 0 Å². The minimum Gasteiger partial charge on any atom is -0.495 e. The highest BCUT2D eigenvalue weighted by Crippen LogP contribution is 2.41. The van der Waals surface area contributed by atoms with Crippen molar-refractivity contribution in [3.05, 3.63) is 35.7 Å². The number of imidazole rings is 1. The number of hydrogen-bond acceptors (Lipinski definition) is 7. The van der Waals surface area contributed by atoms with E-state index in [4.69, 9.17) is 4.74 Å². The minimum absolute atomic E-state index is 0.0473. The van der Waals surface area contributed by atoms with Crippen LogP contribution in [0.15, 0.2) is 18.3 Å². The largest absolute Gasteiger partial charge is 0.495 e. The Labute approximate surface area is 189 Å². The average Bonchev–Trinajstić information content (AvgIpc) is 3.18. The number of pyridine rings is 1. The highest BCUT2D eigenvalue weighted by atomic mass is 19.4. The number of aromatic nitrogens is 4. The van der Waals surface area contributed by atoms with Gasteiger partial charge in [-0.15, -0.1) is 0 Å². The topological polar surface area (TPSA) is 96.6 Å². The number of alkyl halides is 4. The molecule has 0 bridgehead atoms. The zero-order chi connectivity index (χ0) is 24.8. The summed E-state index contributed by atoms with van der Waals surface area (Å²) in [6.07, 6.45) is -5.15. The van der Waals surface area contributed by atoms with Crippen LogP contribution in [-0.2, 0) is 5.60 Å². The molecule has 4 rings (SSSR count). The lowest BCUT2D eigenvalue weighted by molar-refractivity contribution is -0.261. The Bertz CT molecular complexity index is 1210. The lowest BCUT2D eigenvalue weighted by Gasteiger charge is -2.28. The van der Waals surface area contributed by atoms with Gasteiger partial charge in [-0.05, 0) is 19.9 Å². The Morgan fingerprint density at radius 3 is 2.62 bits per heavy atom. The van der Waals surface area contributed by atoms with Crippen molar-refractivity contribution in [2.75, 3.05) is 25.5 Å². The van der Waals surface area contributed by atoms with E-state index in [1.165, 1.54) is 0 Å². The fourth-order valence-corrected chi connectivity index (χ4v) is 3.58. The summed E-state index contributed by atoms with van der Waals surface area (Å²) < 4.78 is 89.5. The van der Waals surface area contributed by atoms with Crippen LogP contribution in [-0.4, -0.2) is 63.3 Å². The number of piperidine rings is 1. The molecular formula is C20H20F6N6O2. The molecule has 0 unspecified atom stereocenters. The molecule has 0 aliphatic carbocycles. The smallest absolute Gasteiger partial charge is 0.422 e. The van der Waals surface area contributed by atoms with E-state index in [0.29, 0.717) is 19.5 Å². The van der Waals surface area contributed by atoms with E-state index in [2.05, 4.69) is 25.7 Å². The predicted octanol–water partition coefficient (Wildman–Crippen LogP) is 2.96. The Hall–Kier alpha value is -3.13. The third-order valence-electron chi connectivity index (χ3n) is 5.58.